The third-order valence-corrected chi connectivity index (χ3v) is 9.47. The maximum Gasteiger partial charge on any atom is 1.00 e. The van der Waals surface area contributed by atoms with Crippen molar-refractivity contribution in [2.45, 2.75) is 92.8 Å². The third kappa shape index (κ3) is 13.8. The minimum atomic E-state index is -0.330. The van der Waals surface area contributed by atoms with Crippen LogP contribution in [0.3, 0.4) is 0 Å². The predicted molar refractivity (Wildman–Crippen MR) is 228 cm³/mol. The normalized spacial score (nSPS) is 13.9. The van der Waals surface area contributed by atoms with Gasteiger partial charge in [-0.1, -0.05) is 89.5 Å². The Bertz CT molecular complexity index is 2140. The molecule has 14 nitrogen and oxygen atoms in total. The number of aromatic nitrogens is 6. The van der Waals surface area contributed by atoms with Gasteiger partial charge in [0.05, 0.1) is 17.3 Å². The van der Waals surface area contributed by atoms with Crippen molar-refractivity contribution in [2.24, 2.45) is 16.8 Å². The minimum Gasteiger partial charge on any atom is -0.870 e. The van der Waals surface area contributed by atoms with E-state index in [0.717, 1.165) is 48.3 Å². The summed E-state index contributed by atoms with van der Waals surface area (Å²) >= 11 is 12.5. The van der Waals surface area contributed by atoms with E-state index in [1.54, 1.807) is 19.1 Å². The molecule has 0 spiro atoms. The first kappa shape index (κ1) is 52.5. The molecule has 3 heterocycles. The molecule has 2 fully saturated rings. The van der Waals surface area contributed by atoms with E-state index in [4.69, 9.17) is 47.8 Å². The van der Waals surface area contributed by atoms with E-state index in [1.807, 2.05) is 71.0 Å². The Kier molecular flexibility index (Phi) is 21.1. The summed E-state index contributed by atoms with van der Waals surface area (Å²) in [6.07, 6.45) is 3.51. The van der Waals surface area contributed by atoms with Crippen LogP contribution < -0.4 is 44.8 Å². The van der Waals surface area contributed by atoms with Crippen LogP contribution in [0.15, 0.2) is 58.2 Å². The minimum absolute atomic E-state index is 0. The summed E-state index contributed by atoms with van der Waals surface area (Å²) < 4.78 is 17.2. The van der Waals surface area contributed by atoms with E-state index in [1.165, 1.54) is 0 Å². The number of hydrogen-bond donors (Lipinski definition) is 1. The molecular weight excluding hydrogens is 835 g/mol. The molecule has 5 aromatic rings. The SMILES string of the molecule is C.Cc1nc(C)c(Cl)c(O[C@@H](C)c2ccc(-c3noc(C4CC4)n3)cc2)n1.Cc1nc(C)c(Cl)c(O[C@@H](C)c2ccc(/C(N)=N/OC(=O)C3CC3)cc2)n1.S.S.[Na+].[OH-]. The van der Waals surface area contributed by atoms with Crippen molar-refractivity contribution in [3.63, 3.8) is 0 Å². The molecule has 0 amide bonds. The van der Waals surface area contributed by atoms with E-state index >= 15 is 0 Å². The van der Waals surface area contributed by atoms with Crippen LogP contribution in [0.1, 0.15) is 111 Å². The van der Waals surface area contributed by atoms with Crippen LogP contribution in [0.4, 0.5) is 0 Å². The standard InChI is InChI=1S/C19H21ClN4O3.C19H19ClN4O2.CH4.Na.H2O.2H2S/c1-10-16(20)18(23-12(3)22-10)26-11(2)13-4-6-14(7-5-13)17(21)24-27-19(25)15-8-9-15;1-10-16(20)19(22-12(3)21-10)25-11(2)13-4-6-14(7-5-13)17-23-18(26-24-17)15-8-9-15;;;;;/h4-7,11,15H,8-9H2,1-3H3,(H2,21,24);4-7,11,15H,8-9H2,1-3H3;1H4;;3*1H2/q;;;+1;;;/p-1/t2*11-;;;;;/m00...../s1. The zero-order chi connectivity index (χ0) is 37.8. The van der Waals surface area contributed by atoms with Gasteiger partial charge in [0.2, 0.25) is 23.5 Å². The van der Waals surface area contributed by atoms with E-state index in [0.29, 0.717) is 62.1 Å². The Balaban J connectivity index is 0.000000534. The average molecular weight is 884 g/mol. The van der Waals surface area contributed by atoms with Crippen molar-refractivity contribution >= 4 is 62.0 Å². The number of aryl methyl sites for hydroxylation is 4. The molecule has 3 N–H and O–H groups in total. The maximum atomic E-state index is 11.5. The molecule has 2 aliphatic rings. The Morgan fingerprint density at radius 1 is 0.776 bits per heavy atom. The van der Waals surface area contributed by atoms with E-state index in [2.05, 4.69) is 35.2 Å². The Morgan fingerprint density at radius 2 is 1.24 bits per heavy atom. The molecule has 0 aliphatic heterocycles. The molecule has 2 aliphatic carbocycles. The Labute approximate surface area is 385 Å². The van der Waals surface area contributed by atoms with Gasteiger partial charge in [0, 0.05) is 17.0 Å². The number of halogens is 2. The Hall–Kier alpha value is -3.48. The number of hydrogen-bond acceptors (Lipinski definition) is 13. The largest absolute Gasteiger partial charge is 1.00 e. The summed E-state index contributed by atoms with van der Waals surface area (Å²) in [6.45, 7) is 11.1. The summed E-state index contributed by atoms with van der Waals surface area (Å²) in [4.78, 5) is 37.8. The van der Waals surface area contributed by atoms with Crippen molar-refractivity contribution in [2.75, 3.05) is 0 Å². The van der Waals surface area contributed by atoms with E-state index in [-0.39, 0.29) is 99.4 Å². The fourth-order valence-electron chi connectivity index (χ4n) is 5.18. The Morgan fingerprint density at radius 3 is 1.69 bits per heavy atom. The van der Waals surface area contributed by atoms with Gasteiger partial charge in [-0.05, 0) is 78.4 Å². The number of benzene rings is 2. The molecule has 19 heteroatoms. The zero-order valence-electron chi connectivity index (χ0n) is 32.7. The first-order valence-electron chi connectivity index (χ1n) is 17.3. The van der Waals surface area contributed by atoms with Gasteiger partial charge in [0.15, 0.2) is 5.84 Å². The quantitative estimate of drug-likeness (QED) is 0.0535. The van der Waals surface area contributed by atoms with Crippen molar-refractivity contribution in [1.82, 2.24) is 30.1 Å². The van der Waals surface area contributed by atoms with E-state index < -0.39 is 0 Å². The predicted octanol–water partition coefficient (Wildman–Crippen LogP) is 5.96. The third-order valence-electron chi connectivity index (χ3n) is 8.60. The van der Waals surface area contributed by atoms with Crippen molar-refractivity contribution in [1.29, 1.82) is 0 Å². The molecular formula is C39H49Cl2N8NaO6S2. The number of carbonyl (C=O) groups is 1. The van der Waals surface area contributed by atoms with Gasteiger partial charge in [0.1, 0.15) is 33.9 Å². The topological polar surface area (TPSA) is 204 Å². The van der Waals surface area contributed by atoms with Crippen LogP contribution in [-0.4, -0.2) is 47.4 Å². The fraction of sp³-hybridized carbons (Fsp3) is 0.385. The molecule has 0 bridgehead atoms. The average Bonchev–Trinajstić information content (AvgIpc) is 4.10. The number of oxime groups is 1. The molecule has 2 atom stereocenters. The van der Waals surface area contributed by atoms with Crippen LogP contribution in [0, 0.1) is 33.6 Å². The summed E-state index contributed by atoms with van der Waals surface area (Å²) in [5.74, 6) is 3.59. The summed E-state index contributed by atoms with van der Waals surface area (Å²) in [6, 6.07) is 15.2. The van der Waals surface area contributed by atoms with Gasteiger partial charge in [0.25, 0.3) is 0 Å². The number of nitrogens with two attached hydrogens (primary N) is 1. The fourth-order valence-corrected chi connectivity index (χ4v) is 5.44. The molecule has 2 aromatic carbocycles. The van der Waals surface area contributed by atoms with Crippen molar-refractivity contribution < 1.29 is 58.7 Å². The number of ether oxygens (including phenoxy) is 2. The first-order valence-corrected chi connectivity index (χ1v) is 18.0. The number of nitrogens with zero attached hydrogens (tertiary/aromatic N) is 7. The van der Waals surface area contributed by atoms with Gasteiger partial charge >= 0.3 is 35.5 Å². The van der Waals surface area contributed by atoms with Crippen LogP contribution in [0.25, 0.3) is 11.4 Å². The molecule has 308 valence electrons. The van der Waals surface area contributed by atoms with Gasteiger partial charge < -0.3 is 30.0 Å². The molecule has 0 saturated heterocycles. The molecule has 0 unspecified atom stereocenters. The van der Waals surface area contributed by atoms with Gasteiger partial charge in [-0.25, -0.2) is 14.8 Å². The summed E-state index contributed by atoms with van der Waals surface area (Å²) in [5.41, 5.74) is 10.7. The van der Waals surface area contributed by atoms with Crippen molar-refractivity contribution in [3.8, 4) is 23.1 Å². The number of carbonyl (C=O) groups excluding carboxylic acids is 1. The summed E-state index contributed by atoms with van der Waals surface area (Å²) in [5, 5.41) is 8.62. The molecule has 7 rings (SSSR count). The second kappa shape index (κ2) is 23.3. The molecule has 58 heavy (non-hydrogen) atoms. The van der Waals surface area contributed by atoms with Gasteiger partial charge in [-0.2, -0.15) is 41.9 Å². The van der Waals surface area contributed by atoms with Crippen LogP contribution in [0.5, 0.6) is 11.8 Å². The molecule has 2 saturated carbocycles. The van der Waals surface area contributed by atoms with E-state index in [9.17, 15) is 4.79 Å². The molecule has 3 aromatic heterocycles. The number of amidine groups is 1. The van der Waals surface area contributed by atoms with Crippen molar-refractivity contribution in [3.05, 3.63) is 104 Å². The first-order chi connectivity index (χ1) is 25.4. The van der Waals surface area contributed by atoms with Crippen LogP contribution >= 0.6 is 50.2 Å². The molecule has 0 radical (unpaired) electrons. The smallest absolute Gasteiger partial charge is 0.870 e. The van der Waals surface area contributed by atoms with Gasteiger partial charge in [-0.15, -0.1) is 0 Å². The van der Waals surface area contributed by atoms with Gasteiger partial charge in [-0.3, -0.25) is 0 Å². The second-order valence-electron chi connectivity index (χ2n) is 13.1. The zero-order valence-corrected chi connectivity index (χ0v) is 38.2. The van der Waals surface area contributed by atoms with Crippen LogP contribution in [-0.2, 0) is 9.63 Å². The van der Waals surface area contributed by atoms with Crippen LogP contribution in [0.2, 0.25) is 10.0 Å². The number of rotatable bonds is 11. The maximum absolute atomic E-state index is 11.5. The monoisotopic (exact) mass is 882 g/mol. The summed E-state index contributed by atoms with van der Waals surface area (Å²) in [7, 11) is 0. The second-order valence-corrected chi connectivity index (χ2v) is 13.9.